The van der Waals surface area contributed by atoms with Crippen LogP contribution >= 0.6 is 0 Å². The van der Waals surface area contributed by atoms with E-state index in [0.29, 0.717) is 40.5 Å². The minimum absolute atomic E-state index is 0.264. The van der Waals surface area contributed by atoms with Gasteiger partial charge in [0.25, 0.3) is 0 Å². The SMILES string of the molecule is Cc1ccc2c(n1)oc1c(-c3cc(-c4ccc(C(C)C)cc4)cc[n+]3C)c(C)ccc12.Cc1ccc2c(n1)oc1c(-c3cc(-c4ccccn4)cc[n+]3C)c(C)ccc12.[2H]C(C)(C)c1nc(-c2ccc(-c3c(C)ccc4c3oc3nc(C)ccc34)[n+](C)c2)nc(C(C)(C)C)n1. The number of hydrogen-bond donors (Lipinski definition) is 0. The number of nitrogens with zero attached hydrogens (tertiary/aromatic N) is 10. The summed E-state index contributed by atoms with van der Waals surface area (Å²) < 4.78 is 33.8. The van der Waals surface area contributed by atoms with Crippen LogP contribution in [0.2, 0.25) is 0 Å². The van der Waals surface area contributed by atoms with E-state index >= 15 is 0 Å². The van der Waals surface area contributed by atoms with Crippen molar-refractivity contribution in [3.05, 3.63) is 227 Å². The molecule has 0 atom stereocenters. The minimum Gasteiger partial charge on any atom is -0.437 e. The number of furan rings is 3. The molecule has 0 radical (unpaired) electrons. The second-order valence-electron chi connectivity index (χ2n) is 26.4. The summed E-state index contributed by atoms with van der Waals surface area (Å²) in [7, 11) is 6.16. The molecule has 0 aliphatic rings. The predicted molar refractivity (Wildman–Crippen MR) is 377 cm³/mol. The van der Waals surface area contributed by atoms with Gasteiger partial charge in [0.2, 0.25) is 34.2 Å². The predicted octanol–water partition coefficient (Wildman–Crippen LogP) is 18.4. The molecule has 0 aliphatic carbocycles. The normalized spacial score (nSPS) is 12.1. The molecular weight excluding hydrogens is 1160 g/mol. The second kappa shape index (κ2) is 24.8. The third-order valence-electron chi connectivity index (χ3n) is 17.6. The van der Waals surface area contributed by atoms with Crippen molar-refractivity contribution in [3.63, 3.8) is 0 Å². The standard InChI is InChI=1S/C29H32N5O.C28H27N2O.C24H20N3O/c1-16(2)25-31-26(33-28(32-25)29(5,6)7)19-11-14-22(34(8)15-19)23-17(3)9-12-20-21-13-10-18(4)30-27(21)35-24(20)23;1-17(2)20-8-10-21(11-9-20)22-14-15-30(5)25(16-22)26-18(3)6-12-23-24-13-7-19(4)29-28(24)31-27(23)26;1-15-7-9-18-19-10-8-16(2)26-24(19)28-23(18)22(15)21-14-17(11-13-27(21)3)20-6-4-5-12-25-20/h9-16H,1-8H3;6-17H,1-5H3;4-14H,1-3H3/q3*+1/i16D;;. The molecule has 0 bridgehead atoms. The molecule has 11 aromatic heterocycles. The zero-order valence-corrected chi connectivity index (χ0v) is 56.5. The molecule has 0 unspecified atom stereocenters. The number of pyridine rings is 7. The van der Waals surface area contributed by atoms with Crippen LogP contribution in [-0.4, -0.2) is 34.9 Å². The Hall–Kier alpha value is -10.7. The Bertz CT molecular complexity index is 5450. The Kier molecular flexibility index (Phi) is 16.0. The van der Waals surface area contributed by atoms with Crippen LogP contribution < -0.4 is 13.7 Å². The summed E-state index contributed by atoms with van der Waals surface area (Å²) in [4.78, 5) is 32.4. The van der Waals surface area contributed by atoms with Crippen molar-refractivity contribution in [1.29, 1.82) is 0 Å². The van der Waals surface area contributed by atoms with Crippen LogP contribution in [0.5, 0.6) is 0 Å². The maximum Gasteiger partial charge on any atom is 0.227 e. The van der Waals surface area contributed by atoms with Crippen molar-refractivity contribution in [3.8, 4) is 67.5 Å². The Morgan fingerprint density at radius 2 is 0.883 bits per heavy atom. The first kappa shape index (κ1) is 60.9. The van der Waals surface area contributed by atoms with E-state index in [1.54, 1.807) is 13.8 Å². The summed E-state index contributed by atoms with van der Waals surface area (Å²) in [6.45, 7) is 26.6. The highest BCUT2D eigenvalue weighted by Gasteiger charge is 2.27. The average Bonchev–Trinajstić information content (AvgIpc) is 1.66. The van der Waals surface area contributed by atoms with Crippen molar-refractivity contribution in [2.45, 2.75) is 107 Å². The minimum atomic E-state index is -0.930. The van der Waals surface area contributed by atoms with E-state index < -0.39 is 5.89 Å². The summed E-state index contributed by atoms with van der Waals surface area (Å²) in [6, 6.07) is 52.9. The van der Waals surface area contributed by atoms with Crippen LogP contribution in [-0.2, 0) is 26.6 Å². The highest BCUT2D eigenvalue weighted by molar-refractivity contribution is 6.11. The molecule has 0 fully saturated rings. The van der Waals surface area contributed by atoms with Crippen molar-refractivity contribution >= 4 is 66.2 Å². The fourth-order valence-corrected chi connectivity index (χ4v) is 12.3. The number of benzene rings is 4. The number of rotatable bonds is 8. The molecule has 15 aromatic rings. The van der Waals surface area contributed by atoms with Crippen LogP contribution in [0.15, 0.2) is 190 Å². The van der Waals surface area contributed by atoms with Crippen LogP contribution in [0.4, 0.5) is 0 Å². The van der Waals surface area contributed by atoms with Crippen LogP contribution in [0.1, 0.15) is 113 Å². The number of aromatic nitrogens is 10. The van der Waals surface area contributed by atoms with Gasteiger partial charge in [-0.3, -0.25) is 4.98 Å². The third-order valence-corrected chi connectivity index (χ3v) is 17.6. The zero-order valence-electron chi connectivity index (χ0n) is 57.5. The molecule has 0 saturated carbocycles. The molecule has 0 spiro atoms. The van der Waals surface area contributed by atoms with Gasteiger partial charge in [-0.1, -0.05) is 115 Å². The molecule has 94 heavy (non-hydrogen) atoms. The highest BCUT2D eigenvalue weighted by atomic mass is 16.3. The van der Waals surface area contributed by atoms with Gasteiger partial charge >= 0.3 is 0 Å². The first-order chi connectivity index (χ1) is 45.4. The van der Waals surface area contributed by atoms with Crippen molar-refractivity contribution in [2.24, 2.45) is 21.1 Å². The summed E-state index contributed by atoms with van der Waals surface area (Å²) in [5.74, 6) is 1.32. The van der Waals surface area contributed by atoms with Gasteiger partial charge in [0, 0.05) is 104 Å². The molecule has 0 aliphatic heterocycles. The van der Waals surface area contributed by atoms with Crippen molar-refractivity contribution < 1.29 is 28.3 Å². The zero-order chi connectivity index (χ0) is 66.9. The lowest BCUT2D eigenvalue weighted by Crippen LogP contribution is -2.31. The largest absolute Gasteiger partial charge is 0.437 e. The second-order valence-corrected chi connectivity index (χ2v) is 26.4. The lowest BCUT2D eigenvalue weighted by molar-refractivity contribution is -0.660. The Balaban J connectivity index is 0.000000130. The van der Waals surface area contributed by atoms with E-state index in [1.807, 2.05) is 82.7 Å². The maximum atomic E-state index is 8.51. The fourth-order valence-electron chi connectivity index (χ4n) is 12.3. The van der Waals surface area contributed by atoms with Crippen molar-refractivity contribution in [2.75, 3.05) is 0 Å². The van der Waals surface area contributed by atoms with Gasteiger partial charge in [0.15, 0.2) is 41.2 Å². The van der Waals surface area contributed by atoms with E-state index in [1.165, 1.54) is 22.3 Å². The van der Waals surface area contributed by atoms with Gasteiger partial charge < -0.3 is 13.3 Å². The number of aryl methyl sites for hydroxylation is 9. The highest BCUT2D eigenvalue weighted by Crippen LogP contribution is 2.41. The summed E-state index contributed by atoms with van der Waals surface area (Å²) in [5.41, 5.74) is 23.9. The van der Waals surface area contributed by atoms with E-state index in [2.05, 4.69) is 235 Å². The quantitative estimate of drug-likeness (QED) is 0.135. The third kappa shape index (κ3) is 11.9. The van der Waals surface area contributed by atoms with Gasteiger partial charge in [0.05, 0.1) is 27.9 Å². The first-order valence-electron chi connectivity index (χ1n) is 32.5. The summed E-state index contributed by atoms with van der Waals surface area (Å²) >= 11 is 0. The molecular formula is C81H79N10O3+3. The van der Waals surface area contributed by atoms with E-state index in [4.69, 9.17) is 19.6 Å². The summed E-state index contributed by atoms with van der Waals surface area (Å²) in [6.07, 6.45) is 8.05. The van der Waals surface area contributed by atoms with E-state index in [-0.39, 0.29) is 5.41 Å². The Morgan fingerprint density at radius 3 is 1.33 bits per heavy atom. The molecule has 13 nitrogen and oxygen atoms in total. The lowest BCUT2D eigenvalue weighted by Gasteiger charge is -2.18. The molecule has 0 saturated heterocycles. The fraction of sp³-hybridized carbons (Fsp3) is 0.235. The van der Waals surface area contributed by atoms with Gasteiger partial charge in [-0.15, -0.1) is 0 Å². The van der Waals surface area contributed by atoms with Crippen LogP contribution in [0.3, 0.4) is 0 Å². The average molecular weight is 1240 g/mol. The monoisotopic (exact) mass is 1240 g/mol. The molecule has 13 heteroatoms. The van der Waals surface area contributed by atoms with Gasteiger partial charge in [-0.25, -0.2) is 43.6 Å². The van der Waals surface area contributed by atoms with Gasteiger partial charge in [-0.2, -0.15) is 0 Å². The topological polar surface area (TPSA) is 141 Å². The smallest absolute Gasteiger partial charge is 0.227 e. The molecule has 11 heterocycles. The molecule has 0 N–H and O–H groups in total. The number of fused-ring (bicyclic) bond motifs is 9. The van der Waals surface area contributed by atoms with E-state index in [0.717, 1.165) is 128 Å². The van der Waals surface area contributed by atoms with Gasteiger partial charge in [-0.05, 0) is 135 Å². The molecule has 0 amide bonds. The van der Waals surface area contributed by atoms with E-state index in [9.17, 15) is 0 Å². The Labute approximate surface area is 550 Å². The Morgan fingerprint density at radius 1 is 0.426 bits per heavy atom. The number of hydrogen-bond acceptors (Lipinski definition) is 10. The molecule has 4 aromatic carbocycles. The molecule has 15 rings (SSSR count). The lowest BCUT2D eigenvalue weighted by atomic mass is 9.95. The molecule has 468 valence electrons. The first-order valence-corrected chi connectivity index (χ1v) is 32.0. The van der Waals surface area contributed by atoms with Crippen LogP contribution in [0.25, 0.3) is 134 Å². The van der Waals surface area contributed by atoms with Crippen molar-refractivity contribution in [1.82, 2.24) is 34.9 Å². The van der Waals surface area contributed by atoms with Crippen LogP contribution in [0, 0.1) is 41.5 Å². The van der Waals surface area contributed by atoms with Gasteiger partial charge in [0.1, 0.15) is 32.8 Å². The maximum absolute atomic E-state index is 8.51. The summed E-state index contributed by atoms with van der Waals surface area (Å²) in [5, 5.41) is 6.37.